The molecule has 0 saturated carbocycles. The van der Waals surface area contributed by atoms with Crippen molar-refractivity contribution in [1.29, 1.82) is 0 Å². The lowest BCUT2D eigenvalue weighted by Gasteiger charge is -2.19. The van der Waals surface area contributed by atoms with Crippen LogP contribution in [0, 0.1) is 0 Å². The van der Waals surface area contributed by atoms with Gasteiger partial charge in [-0.05, 0) is 38.1 Å². The number of hydrogen-bond donors (Lipinski definition) is 1. The molecule has 0 bridgehead atoms. The molecule has 2 aromatic rings. The molecule has 2 aromatic carbocycles. The van der Waals surface area contributed by atoms with Crippen molar-refractivity contribution in [3.8, 4) is 11.5 Å². The van der Waals surface area contributed by atoms with Gasteiger partial charge in [0.1, 0.15) is 23.7 Å². The molecule has 0 aliphatic heterocycles. The van der Waals surface area contributed by atoms with E-state index < -0.39 is 20.0 Å². The fourth-order valence-electron chi connectivity index (χ4n) is 1.97. The lowest BCUT2D eigenvalue weighted by molar-refractivity contribution is 0.0721. The highest BCUT2D eigenvalue weighted by atomic mass is 31.2. The molecule has 0 saturated heterocycles. The summed E-state index contributed by atoms with van der Waals surface area (Å²) in [6.07, 6.45) is -0.797. The first kappa shape index (κ1) is 19.5. The van der Waals surface area contributed by atoms with Crippen LogP contribution in [-0.4, -0.2) is 30.3 Å². The first-order valence-corrected chi connectivity index (χ1v) is 9.49. The Hall–Kier alpha value is -1.85. The molecule has 2 unspecified atom stereocenters. The minimum absolute atomic E-state index is 0.0728. The summed E-state index contributed by atoms with van der Waals surface area (Å²) >= 11 is 0. The monoisotopic (exact) mass is 366 g/mol. The van der Waals surface area contributed by atoms with Gasteiger partial charge >= 0.3 is 7.82 Å². The lowest BCUT2D eigenvalue weighted by atomic mass is 10.3. The second-order valence-corrected chi connectivity index (χ2v) is 7.00. The maximum atomic E-state index is 11.9. The Labute approximate surface area is 147 Å². The summed E-state index contributed by atoms with van der Waals surface area (Å²) in [5.41, 5.74) is 0. The Morgan fingerprint density at radius 3 is 1.52 bits per heavy atom. The first-order valence-electron chi connectivity index (χ1n) is 8.00. The van der Waals surface area contributed by atoms with Gasteiger partial charge in [0, 0.05) is 0 Å². The summed E-state index contributed by atoms with van der Waals surface area (Å²) in [6.45, 7) is 3.34. The van der Waals surface area contributed by atoms with Crippen molar-refractivity contribution in [1.82, 2.24) is 0 Å². The van der Waals surface area contributed by atoms with E-state index >= 15 is 0 Å². The van der Waals surface area contributed by atoms with Gasteiger partial charge in [0.05, 0.1) is 13.2 Å². The summed E-state index contributed by atoms with van der Waals surface area (Å²) in [6, 6.07) is 18.3. The Kier molecular flexibility index (Phi) is 7.47. The summed E-state index contributed by atoms with van der Waals surface area (Å²) in [5.74, 6) is 1.33. The third-order valence-corrected chi connectivity index (χ3v) is 4.06. The van der Waals surface area contributed by atoms with Crippen LogP contribution in [0.25, 0.3) is 0 Å². The minimum atomic E-state index is -4.17. The van der Waals surface area contributed by atoms with Crippen molar-refractivity contribution >= 4 is 7.82 Å². The van der Waals surface area contributed by atoms with Gasteiger partial charge in [-0.3, -0.25) is 9.05 Å². The van der Waals surface area contributed by atoms with Crippen LogP contribution < -0.4 is 9.47 Å². The number of phosphoric acid groups is 1. The molecule has 2 rings (SSSR count). The summed E-state index contributed by atoms with van der Waals surface area (Å²) in [7, 11) is -4.17. The Bertz CT molecular complexity index is 608. The Balaban J connectivity index is 1.70. The maximum Gasteiger partial charge on any atom is 0.472 e. The molecule has 0 aromatic heterocycles. The van der Waals surface area contributed by atoms with Crippen LogP contribution >= 0.6 is 7.82 Å². The second-order valence-electron chi connectivity index (χ2n) is 5.54. The molecular weight excluding hydrogens is 343 g/mol. The Morgan fingerprint density at radius 2 is 1.16 bits per heavy atom. The van der Waals surface area contributed by atoms with Gasteiger partial charge in [-0.25, -0.2) is 4.57 Å². The van der Waals surface area contributed by atoms with E-state index in [-0.39, 0.29) is 13.2 Å². The molecule has 0 spiro atoms. The highest BCUT2D eigenvalue weighted by Crippen LogP contribution is 2.43. The van der Waals surface area contributed by atoms with Crippen LogP contribution in [0.5, 0.6) is 11.5 Å². The highest BCUT2D eigenvalue weighted by molar-refractivity contribution is 7.47. The molecule has 2 atom stereocenters. The molecule has 136 valence electrons. The molecule has 25 heavy (non-hydrogen) atoms. The minimum Gasteiger partial charge on any atom is -0.488 e. The first-order chi connectivity index (χ1) is 11.9. The average Bonchev–Trinajstić information content (AvgIpc) is 2.60. The molecule has 7 heteroatoms. The van der Waals surface area contributed by atoms with Crippen molar-refractivity contribution < 1.29 is 28.0 Å². The molecular formula is C18H23O6P. The van der Waals surface area contributed by atoms with E-state index in [1.807, 2.05) is 36.4 Å². The van der Waals surface area contributed by atoms with Gasteiger partial charge in [-0.15, -0.1) is 0 Å². The third kappa shape index (κ3) is 7.71. The maximum absolute atomic E-state index is 11.9. The Morgan fingerprint density at radius 1 is 0.800 bits per heavy atom. The van der Waals surface area contributed by atoms with Crippen LogP contribution in [-0.2, 0) is 13.6 Å². The molecule has 0 fully saturated rings. The SMILES string of the molecule is CC(COP(=O)(O)OCC(C)Oc1ccccc1)Oc1ccccc1. The zero-order chi connectivity index (χ0) is 18.1. The molecule has 0 aliphatic rings. The fraction of sp³-hybridized carbons (Fsp3) is 0.333. The van der Waals surface area contributed by atoms with Gasteiger partial charge in [-0.2, -0.15) is 0 Å². The van der Waals surface area contributed by atoms with Gasteiger partial charge in [0.2, 0.25) is 0 Å². The van der Waals surface area contributed by atoms with Crippen LogP contribution in [0.15, 0.2) is 60.7 Å². The summed E-state index contributed by atoms with van der Waals surface area (Å²) in [4.78, 5) is 9.74. The second kappa shape index (κ2) is 9.59. The molecule has 0 radical (unpaired) electrons. The van der Waals surface area contributed by atoms with E-state index in [1.165, 1.54) is 0 Å². The van der Waals surface area contributed by atoms with Crippen molar-refractivity contribution in [2.45, 2.75) is 26.1 Å². The molecule has 1 N–H and O–H groups in total. The smallest absolute Gasteiger partial charge is 0.472 e. The summed E-state index contributed by atoms with van der Waals surface area (Å²) in [5, 5.41) is 0. The van der Waals surface area contributed by atoms with Crippen LogP contribution in [0.1, 0.15) is 13.8 Å². The van der Waals surface area contributed by atoms with E-state index in [0.717, 1.165) is 0 Å². The van der Waals surface area contributed by atoms with Crippen molar-refractivity contribution in [2.24, 2.45) is 0 Å². The van der Waals surface area contributed by atoms with Crippen LogP contribution in [0.2, 0.25) is 0 Å². The van der Waals surface area contributed by atoms with Crippen LogP contribution in [0.3, 0.4) is 0 Å². The molecule has 0 heterocycles. The number of hydrogen-bond acceptors (Lipinski definition) is 5. The molecule has 0 aliphatic carbocycles. The van der Waals surface area contributed by atoms with Gasteiger partial charge in [-0.1, -0.05) is 36.4 Å². The zero-order valence-corrected chi connectivity index (χ0v) is 15.2. The van der Waals surface area contributed by atoms with Gasteiger partial charge in [0.25, 0.3) is 0 Å². The fourth-order valence-corrected chi connectivity index (χ4v) is 2.84. The summed E-state index contributed by atoms with van der Waals surface area (Å²) < 4.78 is 33.0. The molecule has 6 nitrogen and oxygen atoms in total. The zero-order valence-electron chi connectivity index (χ0n) is 14.3. The van der Waals surface area contributed by atoms with Crippen molar-refractivity contribution in [2.75, 3.05) is 13.2 Å². The lowest BCUT2D eigenvalue weighted by Crippen LogP contribution is -2.21. The van der Waals surface area contributed by atoms with E-state index in [2.05, 4.69) is 0 Å². The van der Waals surface area contributed by atoms with E-state index in [4.69, 9.17) is 18.5 Å². The van der Waals surface area contributed by atoms with E-state index in [1.54, 1.807) is 38.1 Å². The van der Waals surface area contributed by atoms with E-state index in [9.17, 15) is 9.46 Å². The highest BCUT2D eigenvalue weighted by Gasteiger charge is 2.24. The number of phosphoric ester groups is 1. The third-order valence-electron chi connectivity index (χ3n) is 3.11. The largest absolute Gasteiger partial charge is 0.488 e. The normalized spacial score (nSPS) is 15.8. The number of para-hydroxylation sites is 2. The number of ether oxygens (including phenoxy) is 2. The quantitative estimate of drug-likeness (QED) is 0.640. The van der Waals surface area contributed by atoms with E-state index in [0.29, 0.717) is 11.5 Å². The van der Waals surface area contributed by atoms with Crippen LogP contribution in [0.4, 0.5) is 0 Å². The van der Waals surface area contributed by atoms with Crippen molar-refractivity contribution in [3.05, 3.63) is 60.7 Å². The number of benzene rings is 2. The predicted molar refractivity (Wildman–Crippen MR) is 94.8 cm³/mol. The predicted octanol–water partition coefficient (Wildman–Crippen LogP) is 4.06. The van der Waals surface area contributed by atoms with Crippen molar-refractivity contribution in [3.63, 3.8) is 0 Å². The number of rotatable bonds is 10. The average molecular weight is 366 g/mol. The van der Waals surface area contributed by atoms with Gasteiger partial charge < -0.3 is 14.4 Å². The molecule has 0 amide bonds. The standard InChI is InChI=1S/C18H23O6P/c1-15(23-17-9-5-3-6-10-17)13-21-25(19,20)22-14-16(2)24-18-11-7-4-8-12-18/h3-12,15-16H,13-14H2,1-2H3,(H,19,20). The topological polar surface area (TPSA) is 74.2 Å². The van der Waals surface area contributed by atoms with Gasteiger partial charge in [0.15, 0.2) is 0 Å².